The number of benzene rings is 1. The number of amides is 1. The van der Waals surface area contributed by atoms with Crippen LogP contribution in [0.1, 0.15) is 6.42 Å². The van der Waals surface area contributed by atoms with E-state index in [1.54, 1.807) is 0 Å². The Morgan fingerprint density at radius 2 is 2.12 bits per heavy atom. The molecule has 1 aromatic carbocycles. The van der Waals surface area contributed by atoms with Gasteiger partial charge < -0.3 is 10.6 Å². The van der Waals surface area contributed by atoms with E-state index in [4.69, 9.17) is 5.73 Å². The van der Waals surface area contributed by atoms with Gasteiger partial charge in [0.15, 0.2) is 5.82 Å². The standard InChI is InChI=1S/C10H9BrF2N2O/c11-7-1-5(12)2-8(13)10(7)15-4-6(14)3-9(15)16/h1-2,6H,3-4,14H2. The van der Waals surface area contributed by atoms with E-state index in [2.05, 4.69) is 15.9 Å². The number of carbonyl (C=O) groups is 1. The maximum atomic E-state index is 13.6. The van der Waals surface area contributed by atoms with Gasteiger partial charge in [-0.25, -0.2) is 8.78 Å². The number of anilines is 1. The van der Waals surface area contributed by atoms with Gasteiger partial charge in [0, 0.05) is 29.5 Å². The average Bonchev–Trinajstić information content (AvgIpc) is 2.43. The molecule has 6 heteroatoms. The molecule has 2 rings (SSSR count). The maximum absolute atomic E-state index is 13.6. The van der Waals surface area contributed by atoms with Crippen LogP contribution in [-0.2, 0) is 4.79 Å². The maximum Gasteiger partial charge on any atom is 0.228 e. The van der Waals surface area contributed by atoms with Crippen molar-refractivity contribution in [3.63, 3.8) is 0 Å². The van der Waals surface area contributed by atoms with Crippen LogP contribution in [0.2, 0.25) is 0 Å². The van der Waals surface area contributed by atoms with Crippen LogP contribution in [0.4, 0.5) is 14.5 Å². The van der Waals surface area contributed by atoms with E-state index in [9.17, 15) is 13.6 Å². The quantitative estimate of drug-likeness (QED) is 0.857. The first kappa shape index (κ1) is 11.5. The molecule has 0 radical (unpaired) electrons. The molecule has 1 unspecified atom stereocenters. The van der Waals surface area contributed by atoms with Crippen LogP contribution < -0.4 is 10.6 Å². The summed E-state index contributed by atoms with van der Waals surface area (Å²) < 4.78 is 26.6. The fourth-order valence-electron chi connectivity index (χ4n) is 1.74. The van der Waals surface area contributed by atoms with E-state index in [0.717, 1.165) is 12.1 Å². The molecule has 2 N–H and O–H groups in total. The molecule has 1 fully saturated rings. The number of hydrogen-bond acceptors (Lipinski definition) is 2. The molecule has 1 heterocycles. The summed E-state index contributed by atoms with van der Waals surface area (Å²) in [5.74, 6) is -1.71. The average molecular weight is 291 g/mol. The van der Waals surface area contributed by atoms with Crippen LogP contribution in [0.5, 0.6) is 0 Å². The number of rotatable bonds is 1. The van der Waals surface area contributed by atoms with Gasteiger partial charge in [-0.15, -0.1) is 0 Å². The van der Waals surface area contributed by atoms with Crippen LogP contribution in [0.15, 0.2) is 16.6 Å². The summed E-state index contributed by atoms with van der Waals surface area (Å²) in [6.45, 7) is 0.250. The van der Waals surface area contributed by atoms with Crippen molar-refractivity contribution in [1.29, 1.82) is 0 Å². The Morgan fingerprint density at radius 3 is 2.62 bits per heavy atom. The molecule has 1 amide bonds. The molecule has 0 bridgehead atoms. The minimum absolute atomic E-state index is 0.0550. The van der Waals surface area contributed by atoms with E-state index in [1.165, 1.54) is 4.90 Å². The second-order valence-electron chi connectivity index (χ2n) is 3.69. The monoisotopic (exact) mass is 290 g/mol. The number of nitrogens with zero attached hydrogens (tertiary/aromatic N) is 1. The summed E-state index contributed by atoms with van der Waals surface area (Å²) >= 11 is 3.04. The lowest BCUT2D eigenvalue weighted by molar-refractivity contribution is -0.117. The lowest BCUT2D eigenvalue weighted by Crippen LogP contribution is -2.29. The topological polar surface area (TPSA) is 46.3 Å². The minimum Gasteiger partial charge on any atom is -0.326 e. The predicted octanol–water partition coefficient (Wildman–Crippen LogP) is 1.79. The van der Waals surface area contributed by atoms with Crippen LogP contribution in [0, 0.1) is 11.6 Å². The van der Waals surface area contributed by atoms with E-state index in [-0.39, 0.29) is 35.1 Å². The second kappa shape index (κ2) is 4.10. The first-order valence-corrected chi connectivity index (χ1v) is 5.49. The lowest BCUT2D eigenvalue weighted by atomic mass is 10.2. The molecule has 1 aromatic rings. The smallest absolute Gasteiger partial charge is 0.228 e. The zero-order chi connectivity index (χ0) is 11.9. The van der Waals surface area contributed by atoms with Crippen molar-refractivity contribution in [3.05, 3.63) is 28.2 Å². The highest BCUT2D eigenvalue weighted by molar-refractivity contribution is 9.10. The third-order valence-electron chi connectivity index (χ3n) is 2.41. The fraction of sp³-hybridized carbons (Fsp3) is 0.300. The summed E-state index contributed by atoms with van der Waals surface area (Å²) in [7, 11) is 0. The van der Waals surface area contributed by atoms with E-state index in [0.29, 0.717) is 0 Å². The lowest BCUT2D eigenvalue weighted by Gasteiger charge is -2.18. The highest BCUT2D eigenvalue weighted by Gasteiger charge is 2.31. The van der Waals surface area contributed by atoms with Gasteiger partial charge in [0.2, 0.25) is 5.91 Å². The van der Waals surface area contributed by atoms with Crippen LogP contribution in [0.3, 0.4) is 0 Å². The number of halogens is 3. The third kappa shape index (κ3) is 1.94. The van der Waals surface area contributed by atoms with Gasteiger partial charge in [0.05, 0.1) is 5.69 Å². The zero-order valence-electron chi connectivity index (χ0n) is 8.21. The molecule has 0 aromatic heterocycles. The second-order valence-corrected chi connectivity index (χ2v) is 4.54. The Hall–Kier alpha value is -1.01. The van der Waals surface area contributed by atoms with Gasteiger partial charge >= 0.3 is 0 Å². The highest BCUT2D eigenvalue weighted by Crippen LogP contribution is 2.32. The van der Waals surface area contributed by atoms with E-state index >= 15 is 0 Å². The molecule has 16 heavy (non-hydrogen) atoms. The molecular weight excluding hydrogens is 282 g/mol. The highest BCUT2D eigenvalue weighted by atomic mass is 79.9. The summed E-state index contributed by atoms with van der Waals surface area (Å²) in [6.07, 6.45) is 0.184. The van der Waals surface area contributed by atoms with E-state index < -0.39 is 11.6 Å². The van der Waals surface area contributed by atoms with Gasteiger partial charge in [-0.1, -0.05) is 0 Å². The summed E-state index contributed by atoms with van der Waals surface area (Å²) in [5, 5.41) is 0. The van der Waals surface area contributed by atoms with Gasteiger partial charge in [-0.2, -0.15) is 0 Å². The van der Waals surface area contributed by atoms with Crippen molar-refractivity contribution in [3.8, 4) is 0 Å². The molecular formula is C10H9BrF2N2O. The Kier molecular flexibility index (Phi) is 2.94. The van der Waals surface area contributed by atoms with Crippen molar-refractivity contribution < 1.29 is 13.6 Å². The molecule has 0 aliphatic carbocycles. The zero-order valence-corrected chi connectivity index (χ0v) is 9.80. The first-order valence-electron chi connectivity index (χ1n) is 4.69. The van der Waals surface area contributed by atoms with Gasteiger partial charge in [-0.3, -0.25) is 4.79 Å². The van der Waals surface area contributed by atoms with Crippen LogP contribution >= 0.6 is 15.9 Å². The minimum atomic E-state index is -0.769. The van der Waals surface area contributed by atoms with Gasteiger partial charge in [0.25, 0.3) is 0 Å². The molecule has 1 saturated heterocycles. The van der Waals surface area contributed by atoms with Crippen LogP contribution in [0.25, 0.3) is 0 Å². The van der Waals surface area contributed by atoms with Gasteiger partial charge in [0.1, 0.15) is 5.82 Å². The molecule has 1 atom stereocenters. The Balaban J connectivity index is 2.44. The summed E-state index contributed by atoms with van der Waals surface area (Å²) in [4.78, 5) is 12.8. The fourth-order valence-corrected chi connectivity index (χ4v) is 2.37. The van der Waals surface area contributed by atoms with Crippen molar-refractivity contribution in [2.45, 2.75) is 12.5 Å². The molecule has 0 saturated carbocycles. The Labute approximate surface area is 99.3 Å². The summed E-state index contributed by atoms with van der Waals surface area (Å²) in [6, 6.07) is 1.57. The number of nitrogens with two attached hydrogens (primary N) is 1. The molecule has 1 aliphatic rings. The third-order valence-corrected chi connectivity index (χ3v) is 3.01. The van der Waals surface area contributed by atoms with Gasteiger partial charge in [-0.05, 0) is 22.0 Å². The van der Waals surface area contributed by atoms with Crippen LogP contribution in [-0.4, -0.2) is 18.5 Å². The van der Waals surface area contributed by atoms with Crippen molar-refractivity contribution in [1.82, 2.24) is 0 Å². The first-order chi connectivity index (χ1) is 7.49. The predicted molar refractivity (Wildman–Crippen MR) is 59.0 cm³/mol. The van der Waals surface area contributed by atoms with E-state index in [1.807, 2.05) is 0 Å². The number of carbonyl (C=O) groups excluding carboxylic acids is 1. The molecule has 1 aliphatic heterocycles. The largest absolute Gasteiger partial charge is 0.326 e. The normalized spacial score (nSPS) is 20.6. The Morgan fingerprint density at radius 1 is 1.44 bits per heavy atom. The SMILES string of the molecule is NC1CC(=O)N(c2c(F)cc(F)cc2Br)C1. The molecule has 0 spiro atoms. The summed E-state index contributed by atoms with van der Waals surface area (Å²) in [5.41, 5.74) is 5.66. The van der Waals surface area contributed by atoms with Crippen molar-refractivity contribution in [2.24, 2.45) is 5.73 Å². The van der Waals surface area contributed by atoms with Crippen molar-refractivity contribution in [2.75, 3.05) is 11.4 Å². The molecule has 86 valence electrons. The number of hydrogen-bond donors (Lipinski definition) is 1. The van der Waals surface area contributed by atoms with Crippen molar-refractivity contribution >= 4 is 27.5 Å². The molecule has 3 nitrogen and oxygen atoms in total. The Bertz CT molecular complexity index is 429.